The minimum atomic E-state index is -0.680. The average Bonchev–Trinajstić information content (AvgIpc) is 3.44. The summed E-state index contributed by atoms with van der Waals surface area (Å²) in [6.45, 7) is 8.83. The number of nitrogens with zero attached hydrogens (tertiary/aromatic N) is 2. The normalized spacial score (nSPS) is 18.6. The van der Waals surface area contributed by atoms with Gasteiger partial charge in [0.1, 0.15) is 12.1 Å². The predicted octanol–water partition coefficient (Wildman–Crippen LogP) is 6.16. The summed E-state index contributed by atoms with van der Waals surface area (Å²) < 4.78 is 0. The van der Waals surface area contributed by atoms with Crippen molar-refractivity contribution in [2.24, 2.45) is 5.92 Å². The molecule has 2 atom stereocenters. The number of para-hydroxylation sites is 2. The molecule has 40 heavy (non-hydrogen) atoms. The minimum Gasteiger partial charge on any atom is -0.356 e. The van der Waals surface area contributed by atoms with Crippen LogP contribution in [0.15, 0.2) is 72.8 Å². The van der Waals surface area contributed by atoms with Gasteiger partial charge < -0.3 is 10.3 Å². The van der Waals surface area contributed by atoms with Crippen molar-refractivity contribution in [3.8, 4) is 0 Å². The van der Waals surface area contributed by atoms with Gasteiger partial charge in [-0.05, 0) is 46.7 Å². The van der Waals surface area contributed by atoms with E-state index in [1.165, 1.54) is 10.5 Å². The number of aromatic nitrogens is 1. The molecule has 0 aliphatic carbocycles. The summed E-state index contributed by atoms with van der Waals surface area (Å²) in [7, 11) is 0. The number of amides is 4. The second-order valence-electron chi connectivity index (χ2n) is 11.5. The number of anilines is 1. The summed E-state index contributed by atoms with van der Waals surface area (Å²) in [5.74, 6) is 0.0353. The number of rotatable bonds is 6. The van der Waals surface area contributed by atoms with Crippen LogP contribution in [0.4, 0.5) is 10.5 Å². The number of nitrogens with one attached hydrogen (secondary N) is 2. The molecule has 1 aromatic heterocycles. The number of carbonyl (C=O) groups is 3. The highest BCUT2D eigenvalue weighted by Crippen LogP contribution is 2.45. The van der Waals surface area contributed by atoms with Crippen LogP contribution < -0.4 is 10.2 Å². The summed E-state index contributed by atoms with van der Waals surface area (Å²) in [5, 5.41) is 3.99. The van der Waals surface area contributed by atoms with Crippen molar-refractivity contribution in [3.63, 3.8) is 0 Å². The first-order valence-corrected chi connectivity index (χ1v) is 14.0. The molecule has 1 fully saturated rings. The van der Waals surface area contributed by atoms with E-state index in [4.69, 9.17) is 0 Å². The Morgan fingerprint density at radius 3 is 2.38 bits per heavy atom. The molecule has 2 aliphatic heterocycles. The topological polar surface area (TPSA) is 85.5 Å². The zero-order valence-electron chi connectivity index (χ0n) is 23.3. The van der Waals surface area contributed by atoms with Gasteiger partial charge in [-0.2, -0.15) is 0 Å². The molecule has 7 heteroatoms. The van der Waals surface area contributed by atoms with Crippen LogP contribution in [0.25, 0.3) is 10.9 Å². The van der Waals surface area contributed by atoms with E-state index < -0.39 is 18.1 Å². The van der Waals surface area contributed by atoms with Gasteiger partial charge in [-0.25, -0.2) is 9.69 Å². The maximum Gasteiger partial charge on any atom is 0.332 e. The first-order valence-electron chi connectivity index (χ1n) is 14.0. The van der Waals surface area contributed by atoms with E-state index in [1.807, 2.05) is 32.0 Å². The monoisotopic (exact) mass is 534 g/mol. The zero-order chi connectivity index (χ0) is 28.1. The highest BCUT2D eigenvalue weighted by atomic mass is 16.2. The molecule has 3 heterocycles. The Hall–Kier alpha value is -4.39. The second-order valence-corrected chi connectivity index (χ2v) is 11.5. The molecule has 7 nitrogen and oxygen atoms in total. The van der Waals surface area contributed by atoms with Crippen LogP contribution >= 0.6 is 0 Å². The second kappa shape index (κ2) is 9.97. The van der Waals surface area contributed by atoms with E-state index >= 15 is 0 Å². The number of urea groups is 1. The average molecular weight is 535 g/mol. The molecule has 2 aliphatic rings. The van der Waals surface area contributed by atoms with Crippen LogP contribution in [-0.4, -0.2) is 40.3 Å². The lowest BCUT2D eigenvalue weighted by Crippen LogP contribution is -2.44. The molecule has 4 aromatic rings. The third-order valence-corrected chi connectivity index (χ3v) is 8.03. The summed E-state index contributed by atoms with van der Waals surface area (Å²) in [4.78, 5) is 48.0. The molecule has 2 N–H and O–H groups in total. The van der Waals surface area contributed by atoms with Crippen LogP contribution in [0.2, 0.25) is 0 Å². The molecular formula is C33H34N4O3. The van der Waals surface area contributed by atoms with Crippen LogP contribution in [0.3, 0.4) is 0 Å². The van der Waals surface area contributed by atoms with Gasteiger partial charge in [0.25, 0.3) is 11.8 Å². The molecule has 0 unspecified atom stereocenters. The molecule has 204 valence electrons. The maximum atomic E-state index is 14.3. The Bertz CT molecular complexity index is 1620. The first-order chi connectivity index (χ1) is 19.3. The van der Waals surface area contributed by atoms with Crippen molar-refractivity contribution in [2.45, 2.75) is 52.1 Å². The summed E-state index contributed by atoms with van der Waals surface area (Å²) >= 11 is 0. The number of aromatic amines is 1. The van der Waals surface area contributed by atoms with Gasteiger partial charge in [-0.3, -0.25) is 14.5 Å². The molecule has 4 amide bonds. The summed E-state index contributed by atoms with van der Waals surface area (Å²) in [5.41, 5.74) is 5.75. The minimum absolute atomic E-state index is 0.270. The van der Waals surface area contributed by atoms with Crippen molar-refractivity contribution in [3.05, 3.63) is 101 Å². The van der Waals surface area contributed by atoms with Crippen molar-refractivity contribution >= 4 is 34.4 Å². The fourth-order valence-electron chi connectivity index (χ4n) is 5.96. The predicted molar refractivity (Wildman–Crippen MR) is 156 cm³/mol. The molecule has 1 saturated heterocycles. The Balaban J connectivity index is 1.46. The van der Waals surface area contributed by atoms with Crippen LogP contribution in [0.1, 0.15) is 72.4 Å². The van der Waals surface area contributed by atoms with Crippen LogP contribution in [0, 0.1) is 5.92 Å². The Morgan fingerprint density at radius 1 is 0.950 bits per heavy atom. The molecule has 0 saturated carbocycles. The fraction of sp³-hybridized carbons (Fsp3) is 0.303. The Kier molecular flexibility index (Phi) is 6.45. The van der Waals surface area contributed by atoms with Crippen molar-refractivity contribution < 1.29 is 14.4 Å². The number of carbonyl (C=O) groups excluding carboxylic acids is 3. The van der Waals surface area contributed by atoms with Crippen molar-refractivity contribution in [1.82, 2.24) is 15.2 Å². The number of H-pyrrole nitrogens is 1. The van der Waals surface area contributed by atoms with Gasteiger partial charge in [0.2, 0.25) is 0 Å². The van der Waals surface area contributed by atoms with E-state index in [0.29, 0.717) is 30.1 Å². The van der Waals surface area contributed by atoms with E-state index in [9.17, 15) is 14.4 Å². The van der Waals surface area contributed by atoms with Crippen molar-refractivity contribution in [2.75, 3.05) is 11.4 Å². The highest BCUT2D eigenvalue weighted by molar-refractivity contribution is 6.24. The molecule has 3 aromatic carbocycles. The summed E-state index contributed by atoms with van der Waals surface area (Å²) in [6, 6.07) is 21.7. The number of hydrogen-bond acceptors (Lipinski definition) is 3. The third-order valence-electron chi connectivity index (χ3n) is 8.03. The molecule has 6 rings (SSSR count). The smallest absolute Gasteiger partial charge is 0.332 e. The largest absolute Gasteiger partial charge is 0.356 e. The van der Waals surface area contributed by atoms with Crippen LogP contribution in [0.5, 0.6) is 0 Å². The number of hydrogen-bond donors (Lipinski definition) is 2. The lowest BCUT2D eigenvalue weighted by atomic mass is 9.88. The highest BCUT2D eigenvalue weighted by Gasteiger charge is 2.53. The molecule has 0 bridgehead atoms. The van der Waals surface area contributed by atoms with Gasteiger partial charge in [0, 0.05) is 29.6 Å². The van der Waals surface area contributed by atoms with E-state index in [-0.39, 0.29) is 17.7 Å². The number of imide groups is 1. The van der Waals surface area contributed by atoms with Gasteiger partial charge in [0.05, 0.1) is 11.3 Å². The Morgan fingerprint density at radius 2 is 1.65 bits per heavy atom. The molecule has 0 radical (unpaired) electrons. The van der Waals surface area contributed by atoms with Crippen molar-refractivity contribution in [1.29, 1.82) is 0 Å². The van der Waals surface area contributed by atoms with Crippen LogP contribution in [-0.2, 0) is 11.2 Å². The Labute approximate surface area is 234 Å². The third kappa shape index (κ3) is 4.17. The fourth-order valence-corrected chi connectivity index (χ4v) is 5.96. The first kappa shape index (κ1) is 25.9. The molecular weight excluding hydrogens is 500 g/mol. The standard InChI is InChI=1S/C33H34N4O3/c1-19(2)18-34-31(38)24-10-6-8-12-27(24)37-32(39)28-17-25-23-9-5-7-11-26(23)35-29(25)30(36(28)33(37)40)22-15-13-21(14-16-22)20(3)4/h5-16,19-20,28,30,35H,17-18H2,1-4H3,(H,34,38)/t28-,30+/m0/s1. The van der Waals surface area contributed by atoms with Gasteiger partial charge >= 0.3 is 6.03 Å². The quantitative estimate of drug-likeness (QED) is 0.291. The van der Waals surface area contributed by atoms with Gasteiger partial charge in [-0.15, -0.1) is 0 Å². The number of fused-ring (bicyclic) bond motifs is 4. The summed E-state index contributed by atoms with van der Waals surface area (Å²) in [6.07, 6.45) is 0.405. The maximum absolute atomic E-state index is 14.3. The SMILES string of the molecule is CC(C)CNC(=O)c1ccccc1N1C(=O)[C@@H]2Cc3c([nH]c4ccccc34)[C@@H](c3ccc(C(C)C)cc3)N2C1=O. The lowest BCUT2D eigenvalue weighted by molar-refractivity contribution is -0.120. The van der Waals surface area contributed by atoms with Gasteiger partial charge in [-0.1, -0.05) is 82.3 Å². The van der Waals surface area contributed by atoms with E-state index in [1.54, 1.807) is 29.2 Å². The lowest BCUT2D eigenvalue weighted by Gasteiger charge is -2.36. The van der Waals surface area contributed by atoms with Gasteiger partial charge in [0.15, 0.2) is 0 Å². The zero-order valence-corrected chi connectivity index (χ0v) is 23.3. The number of benzene rings is 3. The van der Waals surface area contributed by atoms with E-state index in [2.05, 4.69) is 54.5 Å². The van der Waals surface area contributed by atoms with E-state index in [0.717, 1.165) is 27.7 Å². The molecule has 0 spiro atoms.